The molecule has 0 heterocycles. The summed E-state index contributed by atoms with van der Waals surface area (Å²) in [7, 11) is 3.44. The minimum absolute atomic E-state index is 0.628. The van der Waals surface area contributed by atoms with Crippen molar-refractivity contribution in [2.24, 2.45) is 10.9 Å². The van der Waals surface area contributed by atoms with Crippen LogP contribution in [0.5, 0.6) is 0 Å². The maximum atomic E-state index is 5.58. The maximum absolute atomic E-state index is 5.58. The molecule has 1 rings (SSSR count). The van der Waals surface area contributed by atoms with Gasteiger partial charge in [-0.05, 0) is 25.2 Å². The highest BCUT2D eigenvalue weighted by molar-refractivity contribution is 5.79. The lowest BCUT2D eigenvalue weighted by Gasteiger charge is -2.12. The summed E-state index contributed by atoms with van der Waals surface area (Å²) in [5, 5.41) is 6.45. The summed E-state index contributed by atoms with van der Waals surface area (Å²) in [4.78, 5) is 4.15. The quantitative estimate of drug-likeness (QED) is 0.313. The van der Waals surface area contributed by atoms with Gasteiger partial charge < -0.3 is 24.8 Å². The Morgan fingerprint density at radius 2 is 1.85 bits per heavy atom. The van der Waals surface area contributed by atoms with Crippen molar-refractivity contribution in [1.29, 1.82) is 0 Å². The summed E-state index contributed by atoms with van der Waals surface area (Å²) < 4.78 is 15.8. The summed E-state index contributed by atoms with van der Waals surface area (Å²) in [5.41, 5.74) is 0. The first kappa shape index (κ1) is 17.2. The summed E-state index contributed by atoms with van der Waals surface area (Å²) in [6.07, 6.45) is 3.69. The van der Waals surface area contributed by atoms with Crippen LogP contribution in [-0.2, 0) is 14.2 Å². The van der Waals surface area contributed by atoms with E-state index in [1.54, 1.807) is 14.2 Å². The van der Waals surface area contributed by atoms with Crippen LogP contribution in [-0.4, -0.2) is 66.2 Å². The summed E-state index contributed by atoms with van der Waals surface area (Å²) in [6.45, 7) is 5.27. The Kier molecular flexibility index (Phi) is 10.3. The average molecular weight is 287 g/mol. The van der Waals surface area contributed by atoms with Crippen LogP contribution in [0, 0.1) is 5.92 Å². The van der Waals surface area contributed by atoms with Crippen molar-refractivity contribution in [3.63, 3.8) is 0 Å². The monoisotopic (exact) mass is 287 g/mol. The highest BCUT2D eigenvalue weighted by atomic mass is 16.5. The number of hydrogen-bond donors (Lipinski definition) is 2. The molecule has 0 atom stereocenters. The summed E-state index contributed by atoms with van der Waals surface area (Å²) in [6, 6.07) is 0. The van der Waals surface area contributed by atoms with E-state index in [4.69, 9.17) is 14.2 Å². The van der Waals surface area contributed by atoms with Gasteiger partial charge in [-0.3, -0.25) is 4.99 Å². The molecule has 0 bridgehead atoms. The minimum atomic E-state index is 0.628. The Bertz CT molecular complexity index is 258. The summed E-state index contributed by atoms with van der Waals surface area (Å²) in [5.74, 6) is 1.65. The standard InChI is InChI=1S/C14H29N3O3/c1-15-14(17-7-9-19-11-10-18-2)16-6-3-8-20-12-13-4-5-13/h13H,3-12H2,1-2H3,(H2,15,16,17). The Morgan fingerprint density at radius 1 is 1.05 bits per heavy atom. The second kappa shape index (κ2) is 11.9. The molecule has 1 aliphatic rings. The normalized spacial score (nSPS) is 15.4. The second-order valence-electron chi connectivity index (χ2n) is 4.90. The molecule has 6 heteroatoms. The molecule has 0 spiro atoms. The van der Waals surface area contributed by atoms with E-state index in [0.717, 1.165) is 44.6 Å². The maximum Gasteiger partial charge on any atom is 0.191 e. The topological polar surface area (TPSA) is 64.1 Å². The van der Waals surface area contributed by atoms with Gasteiger partial charge in [0.2, 0.25) is 0 Å². The smallest absolute Gasteiger partial charge is 0.191 e. The fraction of sp³-hybridized carbons (Fsp3) is 0.929. The van der Waals surface area contributed by atoms with Gasteiger partial charge in [-0.1, -0.05) is 0 Å². The van der Waals surface area contributed by atoms with Crippen LogP contribution in [0.3, 0.4) is 0 Å². The van der Waals surface area contributed by atoms with Gasteiger partial charge in [0.05, 0.1) is 19.8 Å². The van der Waals surface area contributed by atoms with Gasteiger partial charge in [0, 0.05) is 40.5 Å². The number of guanidine groups is 1. The molecule has 1 fully saturated rings. The predicted molar refractivity (Wildman–Crippen MR) is 80.2 cm³/mol. The zero-order chi connectivity index (χ0) is 14.5. The predicted octanol–water partition coefficient (Wildman–Crippen LogP) is 0.631. The first-order chi connectivity index (χ1) is 9.86. The lowest BCUT2D eigenvalue weighted by Crippen LogP contribution is -2.39. The first-order valence-electron chi connectivity index (χ1n) is 7.45. The number of rotatable bonds is 12. The number of aliphatic imine (C=N–C) groups is 1. The molecule has 118 valence electrons. The number of ether oxygens (including phenoxy) is 3. The number of nitrogens with zero attached hydrogens (tertiary/aromatic N) is 1. The fourth-order valence-corrected chi connectivity index (χ4v) is 1.62. The second-order valence-corrected chi connectivity index (χ2v) is 4.90. The number of hydrogen-bond acceptors (Lipinski definition) is 4. The van der Waals surface area contributed by atoms with Gasteiger partial charge in [-0.25, -0.2) is 0 Å². The van der Waals surface area contributed by atoms with Crippen LogP contribution in [0.2, 0.25) is 0 Å². The third-order valence-electron chi connectivity index (χ3n) is 3.00. The van der Waals surface area contributed by atoms with Crippen LogP contribution < -0.4 is 10.6 Å². The Hall–Kier alpha value is -0.850. The fourth-order valence-electron chi connectivity index (χ4n) is 1.62. The van der Waals surface area contributed by atoms with Crippen LogP contribution >= 0.6 is 0 Å². The Morgan fingerprint density at radius 3 is 2.55 bits per heavy atom. The molecule has 0 aromatic rings. The SMILES string of the molecule is CN=C(NCCCOCC1CC1)NCCOCCOC. The molecule has 0 amide bonds. The molecule has 0 saturated heterocycles. The Balaban J connectivity index is 1.85. The first-order valence-corrected chi connectivity index (χ1v) is 7.45. The molecule has 1 aliphatic carbocycles. The van der Waals surface area contributed by atoms with Crippen molar-refractivity contribution in [3.05, 3.63) is 0 Å². The highest BCUT2D eigenvalue weighted by Gasteiger charge is 2.20. The Labute approximate surface area is 122 Å². The van der Waals surface area contributed by atoms with Crippen molar-refractivity contribution in [3.8, 4) is 0 Å². The summed E-state index contributed by atoms with van der Waals surface area (Å²) >= 11 is 0. The molecule has 0 unspecified atom stereocenters. The van der Waals surface area contributed by atoms with E-state index in [2.05, 4.69) is 15.6 Å². The molecule has 0 aromatic heterocycles. The molecule has 1 saturated carbocycles. The van der Waals surface area contributed by atoms with E-state index in [-0.39, 0.29) is 0 Å². The van der Waals surface area contributed by atoms with E-state index in [0.29, 0.717) is 19.8 Å². The van der Waals surface area contributed by atoms with E-state index >= 15 is 0 Å². The highest BCUT2D eigenvalue weighted by Crippen LogP contribution is 2.28. The molecule has 0 radical (unpaired) electrons. The van der Waals surface area contributed by atoms with Crippen LogP contribution in [0.1, 0.15) is 19.3 Å². The molecule has 2 N–H and O–H groups in total. The van der Waals surface area contributed by atoms with Crippen molar-refractivity contribution >= 4 is 5.96 Å². The molecular formula is C14H29N3O3. The van der Waals surface area contributed by atoms with Crippen molar-refractivity contribution in [1.82, 2.24) is 10.6 Å². The van der Waals surface area contributed by atoms with Crippen LogP contribution in [0.15, 0.2) is 4.99 Å². The number of methoxy groups -OCH3 is 1. The van der Waals surface area contributed by atoms with Gasteiger partial charge in [-0.2, -0.15) is 0 Å². The van der Waals surface area contributed by atoms with Crippen molar-refractivity contribution in [2.45, 2.75) is 19.3 Å². The van der Waals surface area contributed by atoms with Gasteiger partial charge in [0.15, 0.2) is 5.96 Å². The van der Waals surface area contributed by atoms with E-state index in [1.807, 2.05) is 0 Å². The molecule has 20 heavy (non-hydrogen) atoms. The van der Waals surface area contributed by atoms with Crippen molar-refractivity contribution in [2.75, 3.05) is 60.3 Å². The third-order valence-corrected chi connectivity index (χ3v) is 3.00. The molecule has 0 aromatic carbocycles. The van der Waals surface area contributed by atoms with Gasteiger partial charge >= 0.3 is 0 Å². The third kappa shape index (κ3) is 10.00. The molecule has 6 nitrogen and oxygen atoms in total. The van der Waals surface area contributed by atoms with Crippen LogP contribution in [0.25, 0.3) is 0 Å². The zero-order valence-corrected chi connectivity index (χ0v) is 12.8. The van der Waals surface area contributed by atoms with E-state index < -0.39 is 0 Å². The molecule has 0 aliphatic heterocycles. The van der Waals surface area contributed by atoms with Crippen molar-refractivity contribution < 1.29 is 14.2 Å². The van der Waals surface area contributed by atoms with Gasteiger partial charge in [-0.15, -0.1) is 0 Å². The average Bonchev–Trinajstić information content (AvgIpc) is 3.28. The number of nitrogens with one attached hydrogen (secondary N) is 2. The van der Waals surface area contributed by atoms with Crippen LogP contribution in [0.4, 0.5) is 0 Å². The largest absolute Gasteiger partial charge is 0.382 e. The van der Waals surface area contributed by atoms with Gasteiger partial charge in [0.25, 0.3) is 0 Å². The minimum Gasteiger partial charge on any atom is -0.382 e. The lowest BCUT2D eigenvalue weighted by molar-refractivity contribution is 0.0733. The van der Waals surface area contributed by atoms with E-state index in [1.165, 1.54) is 12.8 Å². The zero-order valence-electron chi connectivity index (χ0n) is 12.8. The van der Waals surface area contributed by atoms with E-state index in [9.17, 15) is 0 Å². The lowest BCUT2D eigenvalue weighted by atomic mass is 10.4. The van der Waals surface area contributed by atoms with Gasteiger partial charge in [0.1, 0.15) is 0 Å². The molecular weight excluding hydrogens is 258 g/mol.